The molecule has 16 heavy (non-hydrogen) atoms. The highest BCUT2D eigenvalue weighted by molar-refractivity contribution is 7.90. The summed E-state index contributed by atoms with van der Waals surface area (Å²) in [6, 6.07) is 0.422. The van der Waals surface area contributed by atoms with E-state index in [1.54, 1.807) is 0 Å². The summed E-state index contributed by atoms with van der Waals surface area (Å²) in [5, 5.41) is 3.38. The van der Waals surface area contributed by atoms with Gasteiger partial charge >= 0.3 is 0 Å². The van der Waals surface area contributed by atoms with Gasteiger partial charge < -0.3 is 10.1 Å². The third kappa shape index (κ3) is 5.27. The van der Waals surface area contributed by atoms with Crippen LogP contribution >= 0.6 is 0 Å². The Morgan fingerprint density at radius 2 is 2.19 bits per heavy atom. The van der Waals surface area contributed by atoms with Gasteiger partial charge in [0.15, 0.2) is 0 Å². The molecule has 1 aliphatic rings. The quantitative estimate of drug-likeness (QED) is 0.789. The number of sulfone groups is 1. The lowest BCUT2D eigenvalue weighted by molar-refractivity contribution is -0.00119. The summed E-state index contributed by atoms with van der Waals surface area (Å²) in [4.78, 5) is 0. The van der Waals surface area contributed by atoms with Crippen molar-refractivity contribution in [1.29, 1.82) is 0 Å². The Bertz CT molecular complexity index is 302. The maximum atomic E-state index is 11.1. The maximum absolute atomic E-state index is 11.1. The van der Waals surface area contributed by atoms with Crippen LogP contribution in [-0.2, 0) is 14.6 Å². The smallest absolute Gasteiger partial charge is 0.148 e. The minimum absolute atomic E-state index is 0.0237. The predicted octanol–water partition coefficient (Wildman–Crippen LogP) is 0.967. The minimum Gasteiger partial charge on any atom is -0.378 e. The predicted molar refractivity (Wildman–Crippen MR) is 65.4 cm³/mol. The van der Waals surface area contributed by atoms with Crippen molar-refractivity contribution in [3.05, 3.63) is 0 Å². The number of ether oxygens (including phenoxy) is 1. The third-order valence-corrected chi connectivity index (χ3v) is 4.00. The number of nitrogens with one attached hydrogen (secondary N) is 1. The monoisotopic (exact) mass is 249 g/mol. The van der Waals surface area contributed by atoms with Crippen LogP contribution in [0.4, 0.5) is 0 Å². The molecule has 0 spiro atoms. The molecule has 0 saturated carbocycles. The van der Waals surface area contributed by atoms with E-state index in [4.69, 9.17) is 4.74 Å². The summed E-state index contributed by atoms with van der Waals surface area (Å²) >= 11 is 0. The normalized spacial score (nSPS) is 28.9. The van der Waals surface area contributed by atoms with Crippen LogP contribution in [-0.4, -0.2) is 45.2 Å². The molecule has 0 aromatic carbocycles. The summed E-state index contributed by atoms with van der Waals surface area (Å²) < 4.78 is 27.9. The molecule has 4 nitrogen and oxygen atoms in total. The van der Waals surface area contributed by atoms with E-state index in [1.807, 2.05) is 6.92 Å². The van der Waals surface area contributed by atoms with Gasteiger partial charge in [0.2, 0.25) is 0 Å². The Labute approximate surface area is 98.7 Å². The van der Waals surface area contributed by atoms with E-state index in [1.165, 1.54) is 6.26 Å². The van der Waals surface area contributed by atoms with E-state index in [2.05, 4.69) is 12.2 Å². The van der Waals surface area contributed by atoms with Crippen LogP contribution in [0.5, 0.6) is 0 Å². The molecule has 0 amide bonds. The molecule has 1 fully saturated rings. The van der Waals surface area contributed by atoms with Crippen molar-refractivity contribution in [2.75, 3.05) is 18.6 Å². The topological polar surface area (TPSA) is 55.4 Å². The van der Waals surface area contributed by atoms with Crippen molar-refractivity contribution >= 4 is 9.84 Å². The van der Waals surface area contributed by atoms with Crippen LogP contribution in [0.25, 0.3) is 0 Å². The van der Waals surface area contributed by atoms with E-state index in [9.17, 15) is 8.42 Å². The molecular formula is C11H23NO3S. The van der Waals surface area contributed by atoms with Gasteiger partial charge in [0, 0.05) is 24.9 Å². The Morgan fingerprint density at radius 1 is 1.50 bits per heavy atom. The molecule has 0 aliphatic carbocycles. The highest BCUT2D eigenvalue weighted by Crippen LogP contribution is 2.16. The first kappa shape index (κ1) is 13.9. The molecule has 0 aromatic heterocycles. The van der Waals surface area contributed by atoms with Gasteiger partial charge in [0.25, 0.3) is 0 Å². The standard InChI is InChI=1S/C11H23NO3S/c1-4-11-7-10(5-6-15-11)12-9(2)8-16(3,13)14/h9-12H,4-8H2,1-3H3. The zero-order valence-corrected chi connectivity index (χ0v) is 11.2. The van der Waals surface area contributed by atoms with Crippen molar-refractivity contribution in [1.82, 2.24) is 5.32 Å². The number of hydrogen-bond acceptors (Lipinski definition) is 4. The van der Waals surface area contributed by atoms with Gasteiger partial charge in [-0.3, -0.25) is 0 Å². The summed E-state index contributed by atoms with van der Waals surface area (Å²) in [6.07, 6.45) is 4.61. The van der Waals surface area contributed by atoms with E-state index in [0.717, 1.165) is 25.9 Å². The molecule has 1 aliphatic heterocycles. The summed E-state index contributed by atoms with van der Waals surface area (Å²) in [6.45, 7) is 4.83. The lowest BCUT2D eigenvalue weighted by atomic mass is 10.0. The van der Waals surface area contributed by atoms with Gasteiger partial charge in [-0.2, -0.15) is 0 Å². The lowest BCUT2D eigenvalue weighted by Gasteiger charge is -2.31. The second-order valence-corrected chi connectivity index (χ2v) is 6.97. The number of rotatable bonds is 5. The van der Waals surface area contributed by atoms with Crippen LogP contribution in [0.3, 0.4) is 0 Å². The lowest BCUT2D eigenvalue weighted by Crippen LogP contribution is -2.45. The molecule has 0 aromatic rings. The van der Waals surface area contributed by atoms with Crippen molar-refractivity contribution in [2.45, 2.75) is 51.3 Å². The first-order valence-corrected chi connectivity index (χ1v) is 8.02. The summed E-state index contributed by atoms with van der Waals surface area (Å²) in [5.74, 6) is 0.209. The fraction of sp³-hybridized carbons (Fsp3) is 1.00. The van der Waals surface area contributed by atoms with E-state index >= 15 is 0 Å². The number of hydrogen-bond donors (Lipinski definition) is 1. The molecular weight excluding hydrogens is 226 g/mol. The second-order valence-electron chi connectivity index (χ2n) is 4.78. The van der Waals surface area contributed by atoms with Crippen molar-refractivity contribution in [3.63, 3.8) is 0 Å². The zero-order valence-electron chi connectivity index (χ0n) is 10.4. The van der Waals surface area contributed by atoms with Crippen LogP contribution in [0.2, 0.25) is 0 Å². The SMILES string of the molecule is CCC1CC(NC(C)CS(C)(=O)=O)CCO1. The fourth-order valence-electron chi connectivity index (χ4n) is 2.22. The average molecular weight is 249 g/mol. The molecule has 96 valence electrons. The van der Waals surface area contributed by atoms with Crippen molar-refractivity contribution in [2.24, 2.45) is 0 Å². The van der Waals surface area contributed by atoms with Gasteiger partial charge in [-0.25, -0.2) is 8.42 Å². The molecule has 1 N–H and O–H groups in total. The Hall–Kier alpha value is -0.130. The zero-order chi connectivity index (χ0) is 12.2. The van der Waals surface area contributed by atoms with Crippen LogP contribution < -0.4 is 5.32 Å². The minimum atomic E-state index is -2.89. The average Bonchev–Trinajstić information content (AvgIpc) is 2.15. The Morgan fingerprint density at radius 3 is 2.75 bits per heavy atom. The van der Waals surface area contributed by atoms with Gasteiger partial charge in [-0.05, 0) is 26.2 Å². The summed E-state index contributed by atoms with van der Waals surface area (Å²) in [7, 11) is -2.89. The summed E-state index contributed by atoms with van der Waals surface area (Å²) in [5.41, 5.74) is 0. The molecule has 1 heterocycles. The largest absolute Gasteiger partial charge is 0.378 e. The second kappa shape index (κ2) is 5.98. The molecule has 3 atom stereocenters. The molecule has 0 radical (unpaired) electrons. The Kier molecular flexibility index (Phi) is 5.21. The maximum Gasteiger partial charge on any atom is 0.148 e. The van der Waals surface area contributed by atoms with Gasteiger partial charge in [0.1, 0.15) is 9.84 Å². The van der Waals surface area contributed by atoms with E-state index in [0.29, 0.717) is 12.1 Å². The highest BCUT2D eigenvalue weighted by Gasteiger charge is 2.23. The van der Waals surface area contributed by atoms with Gasteiger partial charge in [-0.15, -0.1) is 0 Å². The van der Waals surface area contributed by atoms with Crippen LogP contribution in [0.15, 0.2) is 0 Å². The first-order valence-electron chi connectivity index (χ1n) is 5.96. The van der Waals surface area contributed by atoms with Gasteiger partial charge in [0.05, 0.1) is 11.9 Å². The van der Waals surface area contributed by atoms with Gasteiger partial charge in [-0.1, -0.05) is 6.92 Å². The first-order chi connectivity index (χ1) is 7.40. The fourth-order valence-corrected chi connectivity index (χ4v) is 3.23. The highest BCUT2D eigenvalue weighted by atomic mass is 32.2. The van der Waals surface area contributed by atoms with Crippen LogP contribution in [0, 0.1) is 0 Å². The molecule has 1 saturated heterocycles. The van der Waals surface area contributed by atoms with Crippen molar-refractivity contribution < 1.29 is 13.2 Å². The third-order valence-electron chi connectivity index (χ3n) is 2.90. The van der Waals surface area contributed by atoms with Crippen molar-refractivity contribution in [3.8, 4) is 0 Å². The molecule has 0 bridgehead atoms. The molecule has 1 rings (SSSR count). The molecule has 5 heteroatoms. The Balaban J connectivity index is 2.36. The molecule has 3 unspecified atom stereocenters. The van der Waals surface area contributed by atoms with E-state index < -0.39 is 9.84 Å². The van der Waals surface area contributed by atoms with Crippen LogP contribution in [0.1, 0.15) is 33.1 Å². The van der Waals surface area contributed by atoms with E-state index in [-0.39, 0.29) is 11.8 Å².